The van der Waals surface area contributed by atoms with Crippen LogP contribution in [0, 0.1) is 0 Å². The van der Waals surface area contributed by atoms with Crippen molar-refractivity contribution in [1.82, 2.24) is 0 Å². The van der Waals surface area contributed by atoms with Crippen LogP contribution < -0.4 is 0 Å². The van der Waals surface area contributed by atoms with E-state index in [1.54, 1.807) is 0 Å². The SMILES string of the molecule is [Ag].[Au].[S]=[Cu]. The van der Waals surface area contributed by atoms with E-state index in [1.807, 2.05) is 0 Å². The zero-order chi connectivity index (χ0) is 2.00. The molecule has 0 fully saturated rings. The molecule has 0 atom stereocenters. The normalized spacial score (nSPS) is 1.50. The van der Waals surface area contributed by atoms with Crippen LogP contribution in [0.2, 0.25) is 0 Å². The Bertz CT molecular complexity index is 8.00. The molecule has 0 spiro atoms. The maximum atomic E-state index is 3.77. The van der Waals surface area contributed by atoms with Gasteiger partial charge in [-0.25, -0.2) is 0 Å². The van der Waals surface area contributed by atoms with Crippen molar-refractivity contribution in [3.8, 4) is 0 Å². The van der Waals surface area contributed by atoms with Gasteiger partial charge in [-0.05, 0) is 0 Å². The van der Waals surface area contributed by atoms with E-state index in [0.717, 1.165) is 0 Å². The van der Waals surface area contributed by atoms with Gasteiger partial charge < -0.3 is 0 Å². The van der Waals surface area contributed by atoms with Crippen molar-refractivity contribution in [2.45, 2.75) is 0 Å². The molecule has 0 amide bonds. The third kappa shape index (κ3) is 8.88. The number of hydrogen-bond acceptors (Lipinski definition) is 1. The molecule has 0 aliphatic heterocycles. The first kappa shape index (κ1) is 16.3. The van der Waals surface area contributed by atoms with Gasteiger partial charge in [0.1, 0.15) is 0 Å². The second-order valence-corrected chi connectivity index (χ2v) is 0. The molecule has 0 aromatic heterocycles. The Labute approximate surface area is 68.8 Å². The second-order valence-electron chi connectivity index (χ2n) is 0. The predicted molar refractivity (Wildman–Crippen MR) is 7.59 cm³/mol. The van der Waals surface area contributed by atoms with Crippen LogP contribution in [0.5, 0.6) is 0 Å². The van der Waals surface area contributed by atoms with Crippen LogP contribution in [0.3, 0.4) is 0 Å². The molecule has 0 heterocycles. The van der Waals surface area contributed by atoms with Gasteiger partial charge in [-0.3, -0.25) is 0 Å². The molecule has 4 heteroatoms. The van der Waals surface area contributed by atoms with Gasteiger partial charge in [0.05, 0.1) is 0 Å². The first-order valence-corrected chi connectivity index (χ1v) is 1.52. The average Bonchev–Trinajstić information content (AvgIpc) is 1.00. The van der Waals surface area contributed by atoms with Crippen LogP contribution in [0.15, 0.2) is 0 Å². The Morgan fingerprint density at radius 1 is 1.25 bits per heavy atom. The van der Waals surface area contributed by atoms with Gasteiger partial charge in [0.25, 0.3) is 0 Å². The third-order valence-electron chi connectivity index (χ3n) is 0. The summed E-state index contributed by atoms with van der Waals surface area (Å²) in [7, 11) is 3.65. The molecule has 4 heavy (non-hydrogen) atoms. The van der Waals surface area contributed by atoms with E-state index in [2.05, 4.69) is 24.9 Å². The molecule has 0 aromatic rings. The predicted octanol–water partition coefficient (Wildman–Crippen LogP) is 0.641. The molecular formula is AgAuCuS. The molecule has 39 valence electrons. The standard InChI is InChI=1S/Ag.Au.Cu.S. The zero-order valence-electron chi connectivity index (χ0n) is 1.31. The van der Waals surface area contributed by atoms with Gasteiger partial charge in [-0.2, -0.15) is 0 Å². The monoisotopic (exact) mass is 399 g/mol. The van der Waals surface area contributed by atoms with Crippen molar-refractivity contribution in [3.05, 3.63) is 0 Å². The summed E-state index contributed by atoms with van der Waals surface area (Å²) in [5, 5.41) is 0. The Kier molecular flexibility index (Phi) is 77.1. The fourth-order valence-corrected chi connectivity index (χ4v) is 0. The molecule has 0 aromatic carbocycles. The topological polar surface area (TPSA) is 0 Å². The van der Waals surface area contributed by atoms with E-state index in [0.29, 0.717) is 0 Å². The van der Waals surface area contributed by atoms with Crippen LogP contribution in [-0.2, 0) is 59.1 Å². The van der Waals surface area contributed by atoms with Crippen LogP contribution in [0.4, 0.5) is 0 Å². The maximum absolute atomic E-state index is 3.77. The van der Waals surface area contributed by atoms with Gasteiger partial charge in [-0.1, -0.05) is 0 Å². The van der Waals surface area contributed by atoms with Crippen LogP contribution in [0.1, 0.15) is 0 Å². The molecule has 0 unspecified atom stereocenters. The van der Waals surface area contributed by atoms with E-state index < -0.39 is 0 Å². The van der Waals surface area contributed by atoms with Crippen molar-refractivity contribution < 1.29 is 59.1 Å². The van der Waals surface area contributed by atoms with E-state index in [9.17, 15) is 0 Å². The van der Waals surface area contributed by atoms with Gasteiger partial charge >= 0.3 is 24.9 Å². The molecule has 0 saturated carbocycles. The quantitative estimate of drug-likeness (QED) is 0.538. The van der Waals surface area contributed by atoms with Crippen molar-refractivity contribution in [2.75, 3.05) is 0 Å². The summed E-state index contributed by atoms with van der Waals surface area (Å²) in [5.41, 5.74) is 0. The average molecular weight is 400 g/mol. The van der Waals surface area contributed by atoms with Gasteiger partial charge in [0, 0.05) is 44.8 Å². The minimum atomic E-state index is 0. The summed E-state index contributed by atoms with van der Waals surface area (Å²) in [5.74, 6) is 0. The van der Waals surface area contributed by atoms with E-state index in [1.165, 1.54) is 0 Å². The van der Waals surface area contributed by atoms with Crippen molar-refractivity contribution in [2.24, 2.45) is 0 Å². The summed E-state index contributed by atoms with van der Waals surface area (Å²) in [6.45, 7) is 0. The van der Waals surface area contributed by atoms with Crippen LogP contribution in [0.25, 0.3) is 0 Å². The van der Waals surface area contributed by atoms with E-state index >= 15 is 0 Å². The molecule has 0 bridgehead atoms. The summed E-state index contributed by atoms with van der Waals surface area (Å²) < 4.78 is 0. The summed E-state index contributed by atoms with van der Waals surface area (Å²) in [4.78, 5) is 0. The molecule has 0 aliphatic rings. The van der Waals surface area contributed by atoms with Crippen molar-refractivity contribution >= 4 is 10.6 Å². The fraction of sp³-hybridized carbons (Fsp3) is 0. The first-order chi connectivity index (χ1) is 1.00. The van der Waals surface area contributed by atoms with Gasteiger partial charge in [0.2, 0.25) is 0 Å². The minimum absolute atomic E-state index is 0. The van der Waals surface area contributed by atoms with Crippen molar-refractivity contribution in [3.63, 3.8) is 0 Å². The Morgan fingerprint density at radius 2 is 1.25 bits per heavy atom. The summed E-state index contributed by atoms with van der Waals surface area (Å²) >= 11 is 3.77. The fourth-order valence-electron chi connectivity index (χ4n) is 0. The zero-order valence-corrected chi connectivity index (χ0v) is 6.72. The van der Waals surface area contributed by atoms with Crippen LogP contribution >= 0.6 is 10.6 Å². The van der Waals surface area contributed by atoms with E-state index in [-0.39, 0.29) is 44.8 Å². The Balaban J connectivity index is -0.00000000500. The molecule has 2 radical (unpaired) electrons. The Morgan fingerprint density at radius 3 is 1.25 bits per heavy atom. The van der Waals surface area contributed by atoms with E-state index in [4.69, 9.17) is 0 Å². The van der Waals surface area contributed by atoms with Gasteiger partial charge in [0.15, 0.2) is 0 Å². The molecule has 0 saturated heterocycles. The molecule has 0 rings (SSSR count). The van der Waals surface area contributed by atoms with Crippen molar-refractivity contribution in [1.29, 1.82) is 0 Å². The summed E-state index contributed by atoms with van der Waals surface area (Å²) in [6.07, 6.45) is 0. The number of hydrogen-bond donors (Lipinski definition) is 0. The third-order valence-corrected chi connectivity index (χ3v) is 0. The molecule has 0 nitrogen and oxygen atoms in total. The number of rotatable bonds is 0. The summed E-state index contributed by atoms with van der Waals surface area (Å²) in [6, 6.07) is 0. The molecule has 0 aliphatic carbocycles. The van der Waals surface area contributed by atoms with Crippen LogP contribution in [-0.4, -0.2) is 0 Å². The molecule has 0 N–H and O–H groups in total. The molecular weight excluding hydrogens is 400 g/mol. The first-order valence-electron chi connectivity index (χ1n) is 0.123. The van der Waals surface area contributed by atoms with Gasteiger partial charge in [-0.15, -0.1) is 0 Å². The second kappa shape index (κ2) is 18.9. The Hall–Kier alpha value is 2.22.